The van der Waals surface area contributed by atoms with Crippen LogP contribution in [0.4, 0.5) is 4.39 Å². The summed E-state index contributed by atoms with van der Waals surface area (Å²) in [6.45, 7) is 0.863. The van der Waals surface area contributed by atoms with Crippen LogP contribution in [0.2, 0.25) is 0 Å². The number of rotatable bonds is 2. The van der Waals surface area contributed by atoms with E-state index >= 15 is 0 Å². The van der Waals surface area contributed by atoms with Crippen molar-refractivity contribution < 1.29 is 14.3 Å². The third kappa shape index (κ3) is 1.85. The summed E-state index contributed by atoms with van der Waals surface area (Å²) in [5, 5.41) is 11.9. The van der Waals surface area contributed by atoms with Crippen molar-refractivity contribution in [1.82, 2.24) is 5.32 Å². The summed E-state index contributed by atoms with van der Waals surface area (Å²) in [4.78, 5) is 10.7. The largest absolute Gasteiger partial charge is 0.478 e. The number of hydrogen-bond acceptors (Lipinski definition) is 2. The summed E-state index contributed by atoms with van der Waals surface area (Å²) < 4.78 is 13.8. The summed E-state index contributed by atoms with van der Waals surface area (Å²) in [6.07, 6.45) is 1.86. The smallest absolute Gasteiger partial charge is 0.338 e. The van der Waals surface area contributed by atoms with Gasteiger partial charge in [-0.1, -0.05) is 12.1 Å². The van der Waals surface area contributed by atoms with Crippen molar-refractivity contribution in [3.63, 3.8) is 0 Å². The molecule has 1 aromatic carbocycles. The zero-order valence-corrected chi connectivity index (χ0v) is 8.16. The van der Waals surface area contributed by atoms with Crippen LogP contribution in [0.15, 0.2) is 18.2 Å². The standard InChI is InChI=1S/C11H12FNO2/c12-10-7(9-5-2-6-13-9)3-1-4-8(10)11(14)15/h1,3-4,9,13H,2,5-6H2,(H,14,15)/t9-/m0/s1. The lowest BCUT2D eigenvalue weighted by atomic mass is 10.0. The third-order valence-electron chi connectivity index (χ3n) is 2.69. The Bertz CT molecular complexity index is 386. The third-order valence-corrected chi connectivity index (χ3v) is 2.69. The molecule has 0 aromatic heterocycles. The first kappa shape index (κ1) is 10.1. The maximum atomic E-state index is 13.8. The van der Waals surface area contributed by atoms with Crippen LogP contribution >= 0.6 is 0 Å². The topological polar surface area (TPSA) is 49.3 Å². The van der Waals surface area contributed by atoms with Gasteiger partial charge in [0.1, 0.15) is 5.82 Å². The van der Waals surface area contributed by atoms with Crippen LogP contribution < -0.4 is 5.32 Å². The second kappa shape index (κ2) is 3.98. The van der Waals surface area contributed by atoms with Gasteiger partial charge in [-0.05, 0) is 25.5 Å². The predicted molar refractivity (Wildman–Crippen MR) is 53.3 cm³/mol. The fourth-order valence-electron chi connectivity index (χ4n) is 1.93. The molecule has 0 aliphatic carbocycles. The van der Waals surface area contributed by atoms with Gasteiger partial charge in [0, 0.05) is 11.6 Å². The van der Waals surface area contributed by atoms with Crippen molar-refractivity contribution >= 4 is 5.97 Å². The first-order valence-electron chi connectivity index (χ1n) is 4.95. The molecule has 3 nitrogen and oxygen atoms in total. The van der Waals surface area contributed by atoms with Crippen molar-refractivity contribution in [3.8, 4) is 0 Å². The van der Waals surface area contributed by atoms with Crippen LogP contribution in [0.3, 0.4) is 0 Å². The highest BCUT2D eigenvalue weighted by molar-refractivity contribution is 5.88. The normalized spacial score (nSPS) is 20.5. The Morgan fingerprint density at radius 1 is 1.53 bits per heavy atom. The Hall–Kier alpha value is -1.42. The quantitative estimate of drug-likeness (QED) is 0.782. The number of benzene rings is 1. The molecular formula is C11H12FNO2. The Labute approximate surface area is 86.9 Å². The number of carbonyl (C=O) groups is 1. The molecule has 15 heavy (non-hydrogen) atoms. The molecule has 80 valence electrons. The Kier molecular flexibility index (Phi) is 2.68. The molecule has 4 heteroatoms. The molecule has 1 atom stereocenters. The number of carboxylic acid groups (broad SMARTS) is 1. The summed E-state index contributed by atoms with van der Waals surface area (Å²) in [5.74, 6) is -1.82. The van der Waals surface area contributed by atoms with Crippen molar-refractivity contribution in [2.45, 2.75) is 18.9 Å². The molecule has 0 amide bonds. The van der Waals surface area contributed by atoms with E-state index in [1.54, 1.807) is 12.1 Å². The first-order valence-corrected chi connectivity index (χ1v) is 4.95. The molecule has 1 saturated heterocycles. The van der Waals surface area contributed by atoms with Crippen LogP contribution in [0.5, 0.6) is 0 Å². The number of carboxylic acids is 1. The number of nitrogens with one attached hydrogen (secondary N) is 1. The monoisotopic (exact) mass is 209 g/mol. The highest BCUT2D eigenvalue weighted by Gasteiger charge is 2.22. The van der Waals surface area contributed by atoms with Gasteiger partial charge in [0.05, 0.1) is 5.56 Å². The second-order valence-corrected chi connectivity index (χ2v) is 3.66. The summed E-state index contributed by atoms with van der Waals surface area (Å²) in [6, 6.07) is 4.48. The molecule has 0 radical (unpaired) electrons. The minimum absolute atomic E-state index is 0.0377. The van der Waals surface area contributed by atoms with Gasteiger partial charge in [0.25, 0.3) is 0 Å². The highest BCUT2D eigenvalue weighted by atomic mass is 19.1. The van der Waals surface area contributed by atoms with E-state index in [2.05, 4.69) is 5.32 Å². The van der Waals surface area contributed by atoms with Gasteiger partial charge in [-0.2, -0.15) is 0 Å². The molecule has 2 rings (SSSR count). The lowest BCUT2D eigenvalue weighted by Crippen LogP contribution is -2.16. The summed E-state index contributed by atoms with van der Waals surface area (Å²) >= 11 is 0. The van der Waals surface area contributed by atoms with E-state index in [4.69, 9.17) is 5.11 Å². The lowest BCUT2D eigenvalue weighted by molar-refractivity contribution is 0.0691. The Morgan fingerprint density at radius 3 is 2.93 bits per heavy atom. The highest BCUT2D eigenvalue weighted by Crippen LogP contribution is 2.26. The zero-order chi connectivity index (χ0) is 10.8. The fourth-order valence-corrected chi connectivity index (χ4v) is 1.93. The van der Waals surface area contributed by atoms with Crippen LogP contribution in [0, 0.1) is 5.82 Å². The number of hydrogen-bond donors (Lipinski definition) is 2. The van der Waals surface area contributed by atoms with E-state index < -0.39 is 11.8 Å². The molecule has 1 aromatic rings. The van der Waals surface area contributed by atoms with Gasteiger partial charge >= 0.3 is 5.97 Å². The van der Waals surface area contributed by atoms with Gasteiger partial charge in [-0.25, -0.2) is 9.18 Å². The molecule has 1 heterocycles. The van der Waals surface area contributed by atoms with Gasteiger partial charge in [-0.15, -0.1) is 0 Å². The average molecular weight is 209 g/mol. The molecule has 0 spiro atoms. The molecule has 1 aliphatic heterocycles. The first-order chi connectivity index (χ1) is 7.20. The van der Waals surface area contributed by atoms with E-state index in [-0.39, 0.29) is 11.6 Å². The second-order valence-electron chi connectivity index (χ2n) is 3.66. The summed E-state index contributed by atoms with van der Waals surface area (Å²) in [7, 11) is 0. The van der Waals surface area contributed by atoms with Gasteiger partial charge in [-0.3, -0.25) is 0 Å². The van der Waals surface area contributed by atoms with Crippen molar-refractivity contribution in [3.05, 3.63) is 35.1 Å². The maximum absolute atomic E-state index is 13.8. The molecule has 1 aliphatic rings. The summed E-state index contributed by atoms with van der Waals surface area (Å²) in [5.41, 5.74) is 0.216. The Morgan fingerprint density at radius 2 is 2.33 bits per heavy atom. The van der Waals surface area contributed by atoms with Crippen molar-refractivity contribution in [2.75, 3.05) is 6.54 Å². The van der Waals surface area contributed by atoms with E-state index in [1.165, 1.54) is 6.07 Å². The van der Waals surface area contributed by atoms with E-state index in [9.17, 15) is 9.18 Å². The Balaban J connectivity index is 2.39. The van der Waals surface area contributed by atoms with Gasteiger partial charge in [0.2, 0.25) is 0 Å². The molecule has 2 N–H and O–H groups in total. The number of aromatic carboxylic acids is 1. The predicted octanol–water partition coefficient (Wildman–Crippen LogP) is 1.95. The van der Waals surface area contributed by atoms with Crippen LogP contribution in [-0.2, 0) is 0 Å². The SMILES string of the molecule is O=C(O)c1cccc([C@@H]2CCCN2)c1F. The van der Waals surface area contributed by atoms with Crippen molar-refractivity contribution in [1.29, 1.82) is 0 Å². The van der Waals surface area contributed by atoms with E-state index in [1.807, 2.05) is 0 Å². The lowest BCUT2D eigenvalue weighted by Gasteiger charge is -2.12. The van der Waals surface area contributed by atoms with E-state index in [0.717, 1.165) is 19.4 Å². The zero-order valence-electron chi connectivity index (χ0n) is 8.16. The molecule has 0 unspecified atom stereocenters. The number of halogens is 1. The van der Waals surface area contributed by atoms with Gasteiger partial charge in [0.15, 0.2) is 0 Å². The minimum atomic E-state index is -1.22. The molecule has 1 fully saturated rings. The van der Waals surface area contributed by atoms with E-state index in [0.29, 0.717) is 5.56 Å². The maximum Gasteiger partial charge on any atom is 0.338 e. The van der Waals surface area contributed by atoms with Crippen LogP contribution in [0.25, 0.3) is 0 Å². The molecule has 0 saturated carbocycles. The molecule has 0 bridgehead atoms. The van der Waals surface area contributed by atoms with Gasteiger partial charge < -0.3 is 10.4 Å². The van der Waals surface area contributed by atoms with Crippen molar-refractivity contribution in [2.24, 2.45) is 0 Å². The average Bonchev–Trinajstić information content (AvgIpc) is 2.70. The van der Waals surface area contributed by atoms with Crippen LogP contribution in [-0.4, -0.2) is 17.6 Å². The minimum Gasteiger partial charge on any atom is -0.478 e. The molecular weight excluding hydrogens is 197 g/mol. The van der Waals surface area contributed by atoms with Crippen LogP contribution in [0.1, 0.15) is 34.8 Å². The fraction of sp³-hybridized carbons (Fsp3) is 0.364.